The molecular formula is C19H19F2N5O2. The molecule has 0 radical (unpaired) electrons. The highest BCUT2D eigenvalue weighted by Gasteiger charge is 2.19. The van der Waals surface area contributed by atoms with Crippen LogP contribution in [0.1, 0.15) is 29.9 Å². The average molecular weight is 387 g/mol. The second-order valence-corrected chi connectivity index (χ2v) is 6.47. The van der Waals surface area contributed by atoms with Crippen molar-refractivity contribution >= 4 is 11.6 Å². The van der Waals surface area contributed by atoms with Crippen LogP contribution >= 0.6 is 0 Å². The molecule has 1 N–H and O–H groups in total. The maximum absolute atomic E-state index is 13.7. The van der Waals surface area contributed by atoms with Gasteiger partial charge in [-0.3, -0.25) is 14.5 Å². The zero-order valence-electron chi connectivity index (χ0n) is 15.8. The van der Waals surface area contributed by atoms with Crippen molar-refractivity contribution in [2.45, 2.75) is 26.9 Å². The van der Waals surface area contributed by atoms with Crippen molar-refractivity contribution in [1.29, 1.82) is 0 Å². The molecule has 3 rings (SSSR count). The number of halogens is 2. The average Bonchev–Trinajstić information content (AvgIpc) is 2.99. The lowest BCUT2D eigenvalue weighted by Gasteiger charge is -2.11. The lowest BCUT2D eigenvalue weighted by Crippen LogP contribution is -2.15. The van der Waals surface area contributed by atoms with Gasteiger partial charge < -0.3 is 10.1 Å². The Kier molecular flexibility index (Phi) is 5.34. The molecule has 0 saturated heterocycles. The standard InChI is InChI=1S/C19H19F2N5O2/c1-10(2)28-17-5-11(3)12(7-23-17)16-6-15(25-26(16)4)19(27)24-18-13(20)8-22-9-14(18)21/h5-10H,1-4H3,(H,22,24,27). The number of nitrogens with one attached hydrogen (secondary N) is 1. The number of carbonyl (C=O) groups excluding carboxylic acids is 1. The van der Waals surface area contributed by atoms with Crippen LogP contribution in [0.15, 0.2) is 30.7 Å². The summed E-state index contributed by atoms with van der Waals surface area (Å²) in [5, 5.41) is 6.33. The van der Waals surface area contributed by atoms with Gasteiger partial charge in [0.2, 0.25) is 5.88 Å². The van der Waals surface area contributed by atoms with E-state index in [4.69, 9.17) is 4.74 Å². The van der Waals surface area contributed by atoms with Crippen LogP contribution in [-0.4, -0.2) is 31.8 Å². The summed E-state index contributed by atoms with van der Waals surface area (Å²) in [6.45, 7) is 5.70. The van der Waals surface area contributed by atoms with E-state index in [2.05, 4.69) is 20.4 Å². The van der Waals surface area contributed by atoms with Gasteiger partial charge in [-0.1, -0.05) is 0 Å². The van der Waals surface area contributed by atoms with Gasteiger partial charge in [-0.25, -0.2) is 13.8 Å². The molecule has 146 valence electrons. The third-order valence-electron chi connectivity index (χ3n) is 3.92. The summed E-state index contributed by atoms with van der Waals surface area (Å²) >= 11 is 0. The Labute approximate surface area is 160 Å². The Morgan fingerprint density at radius 2 is 1.86 bits per heavy atom. The van der Waals surface area contributed by atoms with Crippen molar-refractivity contribution in [3.8, 4) is 17.1 Å². The monoisotopic (exact) mass is 387 g/mol. The zero-order valence-corrected chi connectivity index (χ0v) is 15.8. The molecule has 0 aliphatic carbocycles. The SMILES string of the molecule is Cc1cc(OC(C)C)ncc1-c1cc(C(=O)Nc2c(F)cncc2F)nn1C. The van der Waals surface area contributed by atoms with Crippen LogP contribution in [0, 0.1) is 18.6 Å². The maximum Gasteiger partial charge on any atom is 0.276 e. The van der Waals surface area contributed by atoms with Gasteiger partial charge >= 0.3 is 0 Å². The minimum atomic E-state index is -0.967. The molecule has 0 bridgehead atoms. The van der Waals surface area contributed by atoms with Gasteiger partial charge in [0.05, 0.1) is 24.2 Å². The molecule has 9 heteroatoms. The number of hydrogen-bond donors (Lipinski definition) is 1. The molecule has 0 aliphatic heterocycles. The molecule has 3 aromatic heterocycles. The number of rotatable bonds is 5. The number of hydrogen-bond acceptors (Lipinski definition) is 5. The first-order valence-electron chi connectivity index (χ1n) is 8.54. The topological polar surface area (TPSA) is 81.9 Å². The van der Waals surface area contributed by atoms with E-state index in [0.717, 1.165) is 23.5 Å². The van der Waals surface area contributed by atoms with Crippen LogP contribution in [0.25, 0.3) is 11.3 Å². The molecule has 0 aromatic carbocycles. The van der Waals surface area contributed by atoms with E-state index in [1.54, 1.807) is 19.3 Å². The fourth-order valence-corrected chi connectivity index (χ4v) is 2.64. The van der Waals surface area contributed by atoms with Crippen LogP contribution in [0.2, 0.25) is 0 Å². The number of nitrogens with zero attached hydrogens (tertiary/aromatic N) is 4. The number of aromatic nitrogens is 4. The Bertz CT molecular complexity index is 1010. The van der Waals surface area contributed by atoms with Crippen molar-refractivity contribution in [1.82, 2.24) is 19.7 Å². The summed E-state index contributed by atoms with van der Waals surface area (Å²) in [5.41, 5.74) is 1.70. The first-order valence-corrected chi connectivity index (χ1v) is 8.54. The number of pyridine rings is 2. The molecular weight excluding hydrogens is 368 g/mol. The van der Waals surface area contributed by atoms with E-state index < -0.39 is 23.2 Å². The molecule has 0 unspecified atom stereocenters. The number of aryl methyl sites for hydroxylation is 2. The number of carbonyl (C=O) groups is 1. The van der Waals surface area contributed by atoms with Crippen LogP contribution < -0.4 is 10.1 Å². The summed E-state index contributed by atoms with van der Waals surface area (Å²) in [6, 6.07) is 3.32. The Morgan fingerprint density at radius 3 is 2.46 bits per heavy atom. The molecule has 1 amide bonds. The van der Waals surface area contributed by atoms with E-state index in [1.807, 2.05) is 20.8 Å². The third-order valence-corrected chi connectivity index (χ3v) is 3.92. The minimum Gasteiger partial charge on any atom is -0.475 e. The van der Waals surface area contributed by atoms with Crippen molar-refractivity contribution in [3.63, 3.8) is 0 Å². The summed E-state index contributed by atoms with van der Waals surface area (Å²) in [6.07, 6.45) is 3.27. The van der Waals surface area contributed by atoms with Gasteiger partial charge in [0.25, 0.3) is 5.91 Å². The second kappa shape index (κ2) is 7.71. The summed E-state index contributed by atoms with van der Waals surface area (Å²) in [4.78, 5) is 20.1. The highest BCUT2D eigenvalue weighted by molar-refractivity contribution is 6.03. The normalized spacial score (nSPS) is 11.0. The molecule has 28 heavy (non-hydrogen) atoms. The lowest BCUT2D eigenvalue weighted by atomic mass is 10.1. The predicted molar refractivity (Wildman–Crippen MR) is 99.0 cm³/mol. The highest BCUT2D eigenvalue weighted by Crippen LogP contribution is 2.26. The molecule has 0 aliphatic rings. The van der Waals surface area contributed by atoms with E-state index in [-0.39, 0.29) is 11.8 Å². The van der Waals surface area contributed by atoms with Crippen LogP contribution in [0.3, 0.4) is 0 Å². The van der Waals surface area contributed by atoms with Gasteiger partial charge in [-0.15, -0.1) is 0 Å². The van der Waals surface area contributed by atoms with E-state index in [9.17, 15) is 13.6 Å². The van der Waals surface area contributed by atoms with Crippen LogP contribution in [0.4, 0.5) is 14.5 Å². The van der Waals surface area contributed by atoms with Gasteiger partial charge in [-0.2, -0.15) is 5.10 Å². The predicted octanol–water partition coefficient (Wildman–Crippen LogP) is 3.50. The first-order chi connectivity index (χ1) is 13.3. The largest absolute Gasteiger partial charge is 0.475 e. The molecule has 3 heterocycles. The van der Waals surface area contributed by atoms with Crippen molar-refractivity contribution < 1.29 is 18.3 Å². The Hall–Kier alpha value is -3.36. The fourth-order valence-electron chi connectivity index (χ4n) is 2.64. The smallest absolute Gasteiger partial charge is 0.276 e. The van der Waals surface area contributed by atoms with Crippen molar-refractivity contribution in [2.24, 2.45) is 7.05 Å². The summed E-state index contributed by atoms with van der Waals surface area (Å²) in [7, 11) is 1.66. The number of ether oxygens (including phenoxy) is 1. The zero-order chi connectivity index (χ0) is 20.4. The Morgan fingerprint density at radius 1 is 1.18 bits per heavy atom. The molecule has 0 fully saturated rings. The van der Waals surface area contributed by atoms with Crippen LogP contribution in [-0.2, 0) is 7.05 Å². The Balaban J connectivity index is 1.88. The van der Waals surface area contributed by atoms with Gasteiger partial charge in [0.1, 0.15) is 5.69 Å². The minimum absolute atomic E-state index is 0.00118. The van der Waals surface area contributed by atoms with Gasteiger partial charge in [0.15, 0.2) is 17.3 Å². The molecule has 7 nitrogen and oxygen atoms in total. The number of anilines is 1. The fraction of sp³-hybridized carbons (Fsp3) is 0.263. The second-order valence-electron chi connectivity index (χ2n) is 6.47. The highest BCUT2D eigenvalue weighted by atomic mass is 19.1. The van der Waals surface area contributed by atoms with E-state index in [1.165, 1.54) is 10.7 Å². The molecule has 3 aromatic rings. The summed E-state index contributed by atoms with van der Waals surface area (Å²) in [5.74, 6) is -2.17. The van der Waals surface area contributed by atoms with Crippen molar-refractivity contribution in [2.75, 3.05) is 5.32 Å². The molecule has 0 spiro atoms. The van der Waals surface area contributed by atoms with Crippen molar-refractivity contribution in [3.05, 3.63) is 53.6 Å². The quantitative estimate of drug-likeness (QED) is 0.725. The molecule has 0 atom stereocenters. The van der Waals surface area contributed by atoms with Crippen LogP contribution in [0.5, 0.6) is 5.88 Å². The lowest BCUT2D eigenvalue weighted by molar-refractivity contribution is 0.102. The maximum atomic E-state index is 13.7. The van der Waals surface area contributed by atoms with E-state index in [0.29, 0.717) is 11.6 Å². The molecule has 0 saturated carbocycles. The van der Waals surface area contributed by atoms with Gasteiger partial charge in [-0.05, 0) is 32.4 Å². The summed E-state index contributed by atoms with van der Waals surface area (Å²) < 4.78 is 34.5. The van der Waals surface area contributed by atoms with Gasteiger partial charge in [0, 0.05) is 24.9 Å². The number of amides is 1. The third kappa shape index (κ3) is 3.98. The first kappa shape index (κ1) is 19.4. The van der Waals surface area contributed by atoms with E-state index >= 15 is 0 Å².